The number of nitrogens with zero attached hydrogens (tertiary/aromatic N) is 1. The third-order valence-corrected chi connectivity index (χ3v) is 2.55. The van der Waals surface area contributed by atoms with Crippen molar-refractivity contribution in [1.29, 1.82) is 0 Å². The van der Waals surface area contributed by atoms with Crippen molar-refractivity contribution in [3.63, 3.8) is 0 Å². The predicted molar refractivity (Wildman–Crippen MR) is 50.1 cm³/mol. The van der Waals surface area contributed by atoms with Crippen LogP contribution in [-0.2, 0) is 4.84 Å². The predicted octanol–water partition coefficient (Wildman–Crippen LogP) is 1.97. The number of aromatic nitrogens is 1. The zero-order chi connectivity index (χ0) is 9.14. The minimum absolute atomic E-state index is 0.167. The monoisotopic (exact) mass is 186 g/mol. The molecular weight excluding hydrogens is 172 g/mol. The van der Waals surface area contributed by atoms with E-state index in [1.54, 1.807) is 18.4 Å². The van der Waals surface area contributed by atoms with Crippen molar-refractivity contribution in [1.82, 2.24) is 10.5 Å². The van der Waals surface area contributed by atoms with Crippen LogP contribution in [0.3, 0.4) is 0 Å². The summed E-state index contributed by atoms with van der Waals surface area (Å²) < 4.78 is 0. The van der Waals surface area contributed by atoms with Gasteiger partial charge in [-0.1, -0.05) is 0 Å². The lowest BCUT2D eigenvalue weighted by Crippen LogP contribution is -2.17. The Labute approximate surface area is 76.7 Å². The summed E-state index contributed by atoms with van der Waals surface area (Å²) in [6.07, 6.45) is 0. The molecule has 0 aliphatic heterocycles. The first-order valence-corrected chi connectivity index (χ1v) is 4.69. The summed E-state index contributed by atoms with van der Waals surface area (Å²) in [6, 6.07) is 0.167. The van der Waals surface area contributed by atoms with Gasteiger partial charge in [-0.3, -0.25) is 0 Å². The Kier molecular flexibility index (Phi) is 3.20. The summed E-state index contributed by atoms with van der Waals surface area (Å²) in [4.78, 5) is 10.5. The van der Waals surface area contributed by atoms with Gasteiger partial charge < -0.3 is 4.84 Å². The summed E-state index contributed by atoms with van der Waals surface area (Å²) in [7, 11) is 1.62. The van der Waals surface area contributed by atoms with E-state index in [1.807, 2.05) is 13.8 Å². The molecule has 0 saturated heterocycles. The van der Waals surface area contributed by atoms with Gasteiger partial charge in [0.25, 0.3) is 0 Å². The van der Waals surface area contributed by atoms with Crippen molar-refractivity contribution in [2.45, 2.75) is 26.8 Å². The van der Waals surface area contributed by atoms with Gasteiger partial charge in [-0.25, -0.2) is 4.98 Å². The van der Waals surface area contributed by atoms with E-state index in [4.69, 9.17) is 4.84 Å². The average molecular weight is 186 g/mol. The van der Waals surface area contributed by atoms with Crippen LogP contribution >= 0.6 is 11.3 Å². The second-order valence-electron chi connectivity index (χ2n) is 2.72. The third-order valence-electron chi connectivity index (χ3n) is 1.64. The van der Waals surface area contributed by atoms with Crippen LogP contribution in [0.5, 0.6) is 0 Å². The molecule has 1 heterocycles. The molecule has 0 spiro atoms. The molecule has 3 nitrogen and oxygen atoms in total. The highest BCUT2D eigenvalue weighted by Crippen LogP contribution is 2.21. The lowest BCUT2D eigenvalue weighted by Gasteiger charge is -2.09. The van der Waals surface area contributed by atoms with Crippen molar-refractivity contribution >= 4 is 11.3 Å². The van der Waals surface area contributed by atoms with Crippen LogP contribution in [0.25, 0.3) is 0 Å². The molecule has 0 bridgehead atoms. The first-order valence-electron chi connectivity index (χ1n) is 3.87. The topological polar surface area (TPSA) is 34.1 Å². The van der Waals surface area contributed by atoms with Gasteiger partial charge in [0.15, 0.2) is 0 Å². The maximum absolute atomic E-state index is 4.84. The normalized spacial score (nSPS) is 13.3. The molecule has 0 saturated carbocycles. The number of aryl methyl sites for hydroxylation is 2. The molecule has 0 aromatic carbocycles. The van der Waals surface area contributed by atoms with Crippen LogP contribution in [0.4, 0.5) is 0 Å². The van der Waals surface area contributed by atoms with Crippen LogP contribution in [0.1, 0.15) is 28.5 Å². The van der Waals surface area contributed by atoms with E-state index in [0.717, 1.165) is 10.7 Å². The molecule has 12 heavy (non-hydrogen) atoms. The van der Waals surface area contributed by atoms with E-state index in [1.165, 1.54) is 4.88 Å². The van der Waals surface area contributed by atoms with E-state index in [2.05, 4.69) is 17.4 Å². The molecule has 0 aliphatic rings. The van der Waals surface area contributed by atoms with Gasteiger partial charge in [-0.05, 0) is 20.8 Å². The summed E-state index contributed by atoms with van der Waals surface area (Å²) in [5, 5.41) is 1.10. The number of hydroxylamine groups is 1. The van der Waals surface area contributed by atoms with Crippen molar-refractivity contribution < 1.29 is 4.84 Å². The molecule has 0 radical (unpaired) electrons. The summed E-state index contributed by atoms with van der Waals surface area (Å²) in [5.41, 5.74) is 3.94. The Bertz CT molecular complexity index is 260. The highest BCUT2D eigenvalue weighted by atomic mass is 32.1. The van der Waals surface area contributed by atoms with E-state index in [0.29, 0.717) is 0 Å². The first kappa shape index (κ1) is 9.64. The van der Waals surface area contributed by atoms with Gasteiger partial charge in [0.2, 0.25) is 0 Å². The molecule has 1 aromatic heterocycles. The molecule has 1 atom stereocenters. The fraction of sp³-hybridized carbons (Fsp3) is 0.625. The second-order valence-corrected chi connectivity index (χ2v) is 4.13. The average Bonchev–Trinajstić information content (AvgIpc) is 2.30. The lowest BCUT2D eigenvalue weighted by atomic mass is 10.2. The second kappa shape index (κ2) is 3.98. The standard InChI is InChI=1S/C8H14N2OS/c1-5(10-11-4)8-6(2)12-7(3)9-8/h5,10H,1-4H3. The van der Waals surface area contributed by atoms with Crippen molar-refractivity contribution in [2.24, 2.45) is 0 Å². The van der Waals surface area contributed by atoms with E-state index in [-0.39, 0.29) is 6.04 Å². The minimum atomic E-state index is 0.167. The molecule has 0 fully saturated rings. The highest BCUT2D eigenvalue weighted by molar-refractivity contribution is 7.11. The molecule has 1 aromatic rings. The Morgan fingerprint density at radius 3 is 2.58 bits per heavy atom. The quantitative estimate of drug-likeness (QED) is 0.733. The Morgan fingerprint density at radius 2 is 2.17 bits per heavy atom. The molecule has 1 N–H and O–H groups in total. The summed E-state index contributed by atoms with van der Waals surface area (Å²) in [6.45, 7) is 6.12. The third kappa shape index (κ3) is 2.03. The van der Waals surface area contributed by atoms with Gasteiger partial charge in [0.05, 0.1) is 23.9 Å². The number of nitrogens with one attached hydrogen (secondary N) is 1. The van der Waals surface area contributed by atoms with Crippen LogP contribution < -0.4 is 5.48 Å². The van der Waals surface area contributed by atoms with Crippen molar-refractivity contribution in [3.05, 3.63) is 15.6 Å². The summed E-state index contributed by atoms with van der Waals surface area (Å²) in [5.74, 6) is 0. The van der Waals surface area contributed by atoms with Gasteiger partial charge in [-0.2, -0.15) is 5.48 Å². The highest BCUT2D eigenvalue weighted by Gasteiger charge is 2.11. The van der Waals surface area contributed by atoms with Gasteiger partial charge in [-0.15, -0.1) is 11.3 Å². The van der Waals surface area contributed by atoms with Gasteiger partial charge in [0.1, 0.15) is 0 Å². The molecule has 4 heteroatoms. The molecule has 68 valence electrons. The number of hydrogen-bond acceptors (Lipinski definition) is 4. The van der Waals surface area contributed by atoms with E-state index in [9.17, 15) is 0 Å². The largest absolute Gasteiger partial charge is 0.304 e. The fourth-order valence-corrected chi connectivity index (χ4v) is 2.09. The Hall–Kier alpha value is -0.450. The SMILES string of the molecule is CONC(C)c1nc(C)sc1C. The molecular formula is C8H14N2OS. The molecule has 1 rings (SSSR count). The van der Waals surface area contributed by atoms with E-state index < -0.39 is 0 Å². The van der Waals surface area contributed by atoms with Crippen LogP contribution in [0, 0.1) is 13.8 Å². The lowest BCUT2D eigenvalue weighted by molar-refractivity contribution is 0.0647. The van der Waals surface area contributed by atoms with Crippen LogP contribution in [-0.4, -0.2) is 12.1 Å². The minimum Gasteiger partial charge on any atom is -0.304 e. The van der Waals surface area contributed by atoms with Crippen LogP contribution in [0.15, 0.2) is 0 Å². The molecule has 0 amide bonds. The maximum atomic E-state index is 4.84. The zero-order valence-corrected chi connectivity index (χ0v) is 8.66. The van der Waals surface area contributed by atoms with Crippen LogP contribution in [0.2, 0.25) is 0 Å². The van der Waals surface area contributed by atoms with Gasteiger partial charge >= 0.3 is 0 Å². The number of thiazole rings is 1. The Morgan fingerprint density at radius 1 is 1.50 bits per heavy atom. The number of rotatable bonds is 3. The zero-order valence-electron chi connectivity index (χ0n) is 7.84. The van der Waals surface area contributed by atoms with Gasteiger partial charge in [0, 0.05) is 4.88 Å². The summed E-state index contributed by atoms with van der Waals surface area (Å²) >= 11 is 1.72. The Balaban J connectivity index is 2.79. The molecule has 1 unspecified atom stereocenters. The fourth-order valence-electron chi connectivity index (χ4n) is 1.18. The van der Waals surface area contributed by atoms with Crippen molar-refractivity contribution in [2.75, 3.05) is 7.11 Å². The smallest absolute Gasteiger partial charge is 0.0900 e. The van der Waals surface area contributed by atoms with E-state index >= 15 is 0 Å². The van der Waals surface area contributed by atoms with Crippen molar-refractivity contribution in [3.8, 4) is 0 Å². The first-order chi connectivity index (χ1) is 5.65. The maximum Gasteiger partial charge on any atom is 0.0900 e. The molecule has 0 aliphatic carbocycles. The number of hydrogen-bond donors (Lipinski definition) is 1.